The molecule has 1 aromatic rings. The third-order valence-corrected chi connectivity index (χ3v) is 3.36. The fraction of sp³-hybridized carbons (Fsp3) is 0.583. The van der Waals surface area contributed by atoms with Gasteiger partial charge in [-0.05, 0) is 25.3 Å². The highest BCUT2D eigenvalue weighted by molar-refractivity contribution is 5.54. The van der Waals surface area contributed by atoms with E-state index in [4.69, 9.17) is 5.73 Å². The van der Waals surface area contributed by atoms with Crippen molar-refractivity contribution in [1.29, 1.82) is 0 Å². The molecule has 2 N–H and O–H groups in total. The molecule has 0 unspecified atom stereocenters. The smallest absolute Gasteiger partial charge is 0.130 e. The largest absolute Gasteiger partial charge is 0.398 e. The predicted octanol–water partition coefficient (Wildman–Crippen LogP) is 2.35. The summed E-state index contributed by atoms with van der Waals surface area (Å²) < 4.78 is 0. The number of nitrogens with two attached hydrogens (primary N) is 1. The minimum atomic E-state index is 0.652. The van der Waals surface area contributed by atoms with Gasteiger partial charge in [0.25, 0.3) is 0 Å². The number of nitrogens with zero attached hydrogens (tertiary/aromatic N) is 2. The molecular weight excluding hydrogens is 186 g/mol. The number of pyridine rings is 1. The minimum Gasteiger partial charge on any atom is -0.398 e. The van der Waals surface area contributed by atoms with Crippen molar-refractivity contribution in [2.24, 2.45) is 0 Å². The van der Waals surface area contributed by atoms with Crippen molar-refractivity contribution in [1.82, 2.24) is 4.98 Å². The van der Waals surface area contributed by atoms with Crippen LogP contribution < -0.4 is 10.6 Å². The highest BCUT2D eigenvalue weighted by atomic mass is 15.2. The molecule has 1 aromatic heterocycles. The molecule has 0 bridgehead atoms. The van der Waals surface area contributed by atoms with E-state index < -0.39 is 0 Å². The van der Waals surface area contributed by atoms with Gasteiger partial charge in [-0.3, -0.25) is 0 Å². The Morgan fingerprint density at radius 3 is 2.67 bits per heavy atom. The van der Waals surface area contributed by atoms with E-state index in [1.54, 1.807) is 0 Å². The van der Waals surface area contributed by atoms with Crippen molar-refractivity contribution < 1.29 is 0 Å². The van der Waals surface area contributed by atoms with Gasteiger partial charge in [0.15, 0.2) is 0 Å². The lowest BCUT2D eigenvalue weighted by Crippen LogP contribution is -2.29. The topological polar surface area (TPSA) is 42.2 Å². The van der Waals surface area contributed by atoms with E-state index in [2.05, 4.69) is 16.9 Å². The van der Waals surface area contributed by atoms with Crippen molar-refractivity contribution in [2.75, 3.05) is 17.7 Å². The van der Waals surface area contributed by atoms with Gasteiger partial charge in [-0.2, -0.15) is 0 Å². The normalized spacial score (nSPS) is 16.9. The van der Waals surface area contributed by atoms with Gasteiger partial charge in [0.2, 0.25) is 0 Å². The Morgan fingerprint density at radius 2 is 2.07 bits per heavy atom. The predicted molar refractivity (Wildman–Crippen MR) is 64.0 cm³/mol. The highest BCUT2D eigenvalue weighted by Gasteiger charge is 2.20. The number of aryl methyl sites for hydroxylation is 1. The van der Waals surface area contributed by atoms with Crippen molar-refractivity contribution in [3.05, 3.63) is 17.8 Å². The van der Waals surface area contributed by atoms with Crippen LogP contribution in [0.15, 0.2) is 12.3 Å². The average molecular weight is 205 g/mol. The molecule has 1 aliphatic carbocycles. The summed E-state index contributed by atoms with van der Waals surface area (Å²) in [6.45, 7) is 1.99. The fourth-order valence-corrected chi connectivity index (χ4v) is 2.20. The van der Waals surface area contributed by atoms with Crippen LogP contribution in [0.4, 0.5) is 11.5 Å². The Kier molecular flexibility index (Phi) is 2.80. The lowest BCUT2D eigenvalue weighted by molar-refractivity contribution is 0.646. The quantitative estimate of drug-likeness (QED) is 0.806. The SMILES string of the molecule is Cc1cnc(N(C)C2CCCC2)cc1N. The molecule has 3 nitrogen and oxygen atoms in total. The monoisotopic (exact) mass is 205 g/mol. The molecule has 0 spiro atoms. The van der Waals surface area contributed by atoms with E-state index in [0.717, 1.165) is 17.1 Å². The van der Waals surface area contributed by atoms with E-state index in [-0.39, 0.29) is 0 Å². The molecule has 0 aliphatic heterocycles. The van der Waals surface area contributed by atoms with Gasteiger partial charge in [0, 0.05) is 31.0 Å². The molecule has 0 aromatic carbocycles. The summed E-state index contributed by atoms with van der Waals surface area (Å²) in [5.74, 6) is 1.00. The van der Waals surface area contributed by atoms with E-state index in [1.807, 2.05) is 19.2 Å². The van der Waals surface area contributed by atoms with Crippen molar-refractivity contribution >= 4 is 11.5 Å². The molecule has 82 valence electrons. The zero-order chi connectivity index (χ0) is 10.8. The van der Waals surface area contributed by atoms with Gasteiger partial charge in [-0.1, -0.05) is 12.8 Å². The summed E-state index contributed by atoms with van der Waals surface area (Å²) in [5, 5.41) is 0. The first-order chi connectivity index (χ1) is 7.18. The summed E-state index contributed by atoms with van der Waals surface area (Å²) in [4.78, 5) is 6.70. The molecule has 0 atom stereocenters. The highest BCUT2D eigenvalue weighted by Crippen LogP contribution is 2.27. The molecule has 2 rings (SSSR count). The third kappa shape index (κ3) is 2.06. The van der Waals surface area contributed by atoms with E-state index >= 15 is 0 Å². The van der Waals surface area contributed by atoms with Gasteiger partial charge in [-0.25, -0.2) is 4.98 Å². The van der Waals surface area contributed by atoms with E-state index in [9.17, 15) is 0 Å². The van der Waals surface area contributed by atoms with E-state index in [0.29, 0.717) is 6.04 Å². The number of hydrogen-bond donors (Lipinski definition) is 1. The molecule has 3 heteroatoms. The Hall–Kier alpha value is -1.25. The first-order valence-electron chi connectivity index (χ1n) is 5.63. The zero-order valence-electron chi connectivity index (χ0n) is 9.53. The van der Waals surface area contributed by atoms with Gasteiger partial charge in [-0.15, -0.1) is 0 Å². The molecule has 0 saturated heterocycles. The summed E-state index contributed by atoms with van der Waals surface area (Å²) in [6, 6.07) is 2.63. The molecule has 1 heterocycles. The van der Waals surface area contributed by atoms with E-state index in [1.165, 1.54) is 25.7 Å². The number of nitrogen functional groups attached to an aromatic ring is 1. The minimum absolute atomic E-state index is 0.652. The Bertz CT molecular complexity index is 343. The second-order valence-electron chi connectivity index (χ2n) is 4.45. The van der Waals surface area contributed by atoms with Gasteiger partial charge in [0.1, 0.15) is 5.82 Å². The van der Waals surface area contributed by atoms with Gasteiger partial charge in [0.05, 0.1) is 0 Å². The molecule has 0 radical (unpaired) electrons. The molecule has 0 amide bonds. The summed E-state index contributed by atoms with van der Waals surface area (Å²) in [6.07, 6.45) is 7.11. The fourth-order valence-electron chi connectivity index (χ4n) is 2.20. The summed E-state index contributed by atoms with van der Waals surface area (Å²) >= 11 is 0. The van der Waals surface area contributed by atoms with Gasteiger partial charge >= 0.3 is 0 Å². The first-order valence-corrected chi connectivity index (χ1v) is 5.63. The van der Waals surface area contributed by atoms with Crippen LogP contribution in [0.5, 0.6) is 0 Å². The van der Waals surface area contributed by atoms with Gasteiger partial charge < -0.3 is 10.6 Å². The van der Waals surface area contributed by atoms with Crippen LogP contribution in [0.25, 0.3) is 0 Å². The van der Waals surface area contributed by atoms with Crippen LogP contribution in [0, 0.1) is 6.92 Å². The van der Waals surface area contributed by atoms with Crippen LogP contribution in [0.2, 0.25) is 0 Å². The lowest BCUT2D eigenvalue weighted by Gasteiger charge is -2.25. The number of rotatable bonds is 2. The van der Waals surface area contributed by atoms with Crippen molar-refractivity contribution in [3.63, 3.8) is 0 Å². The standard InChI is InChI=1S/C12H19N3/c1-9-8-14-12(7-11(9)13)15(2)10-5-3-4-6-10/h7-8,10H,3-6H2,1-2H3,(H2,13,14). The van der Waals surface area contributed by atoms with Crippen LogP contribution in [0.1, 0.15) is 31.2 Å². The molecular formula is C12H19N3. The molecule has 1 fully saturated rings. The number of anilines is 2. The average Bonchev–Trinajstić information content (AvgIpc) is 2.74. The Morgan fingerprint density at radius 1 is 1.40 bits per heavy atom. The van der Waals surface area contributed by atoms with Crippen LogP contribution in [-0.2, 0) is 0 Å². The zero-order valence-corrected chi connectivity index (χ0v) is 9.53. The molecule has 15 heavy (non-hydrogen) atoms. The summed E-state index contributed by atoms with van der Waals surface area (Å²) in [5.41, 5.74) is 7.78. The van der Waals surface area contributed by atoms with Crippen LogP contribution >= 0.6 is 0 Å². The Balaban J connectivity index is 2.17. The maximum Gasteiger partial charge on any atom is 0.130 e. The summed E-state index contributed by atoms with van der Waals surface area (Å²) in [7, 11) is 2.12. The number of aromatic nitrogens is 1. The van der Waals surface area contributed by atoms with Crippen LogP contribution in [0.3, 0.4) is 0 Å². The maximum absolute atomic E-state index is 5.89. The second kappa shape index (κ2) is 4.09. The number of hydrogen-bond acceptors (Lipinski definition) is 3. The molecule has 1 aliphatic rings. The van der Waals surface area contributed by atoms with Crippen LogP contribution in [-0.4, -0.2) is 18.1 Å². The molecule has 1 saturated carbocycles. The Labute approximate surface area is 91.3 Å². The maximum atomic E-state index is 5.89. The second-order valence-corrected chi connectivity index (χ2v) is 4.45. The van der Waals surface area contributed by atoms with Crippen molar-refractivity contribution in [3.8, 4) is 0 Å². The van der Waals surface area contributed by atoms with Crippen molar-refractivity contribution in [2.45, 2.75) is 38.6 Å². The third-order valence-electron chi connectivity index (χ3n) is 3.36. The first kappa shape index (κ1) is 10.3. The lowest BCUT2D eigenvalue weighted by atomic mass is 10.2.